The highest BCUT2D eigenvalue weighted by Crippen LogP contribution is 2.23. The predicted molar refractivity (Wildman–Crippen MR) is 132 cm³/mol. The van der Waals surface area contributed by atoms with Crippen LogP contribution in [0.15, 0.2) is 36.4 Å². The van der Waals surface area contributed by atoms with Crippen molar-refractivity contribution in [3.8, 4) is 17.6 Å². The summed E-state index contributed by atoms with van der Waals surface area (Å²) >= 11 is 0. The number of aromatic nitrogens is 5. The Morgan fingerprint density at radius 3 is 2.47 bits per heavy atom. The summed E-state index contributed by atoms with van der Waals surface area (Å²) < 4.78 is 38.5. The van der Waals surface area contributed by atoms with Crippen molar-refractivity contribution in [3.63, 3.8) is 0 Å². The summed E-state index contributed by atoms with van der Waals surface area (Å²) in [6, 6.07) is 10.6. The quantitative estimate of drug-likeness (QED) is 0.471. The number of benzene rings is 1. The van der Waals surface area contributed by atoms with Gasteiger partial charge in [0, 0.05) is 24.7 Å². The van der Waals surface area contributed by atoms with Gasteiger partial charge in [-0.25, -0.2) is 18.3 Å². The van der Waals surface area contributed by atoms with Crippen molar-refractivity contribution in [1.29, 1.82) is 5.26 Å². The number of rotatable bonds is 6. The van der Waals surface area contributed by atoms with Crippen LogP contribution in [-0.4, -0.2) is 67.5 Å². The molecule has 4 rings (SSSR count). The van der Waals surface area contributed by atoms with Crippen molar-refractivity contribution in [2.24, 2.45) is 0 Å². The van der Waals surface area contributed by atoms with E-state index in [-0.39, 0.29) is 24.6 Å². The molecular formula is C25H28F2N8O3. The molecule has 1 saturated heterocycles. The van der Waals surface area contributed by atoms with Gasteiger partial charge in [0.1, 0.15) is 23.9 Å². The fourth-order valence-corrected chi connectivity index (χ4v) is 3.85. The summed E-state index contributed by atoms with van der Waals surface area (Å²) in [4.78, 5) is 15.8. The summed E-state index contributed by atoms with van der Waals surface area (Å²) in [5, 5.41) is 26.1. The summed E-state index contributed by atoms with van der Waals surface area (Å²) in [5.74, 6) is 0.807. The number of nitrogens with zero attached hydrogens (tertiary/aromatic N) is 8. The highest BCUT2D eigenvalue weighted by molar-refractivity contribution is 5.69. The van der Waals surface area contributed by atoms with Crippen molar-refractivity contribution < 1.29 is 23.0 Å². The zero-order valence-electron chi connectivity index (χ0n) is 21.5. The number of carbonyl (C=O) groups excluding carboxylic acids is 1. The maximum absolute atomic E-state index is 12.9. The van der Waals surface area contributed by atoms with Gasteiger partial charge in [-0.1, -0.05) is 17.3 Å². The Morgan fingerprint density at radius 2 is 1.87 bits per heavy atom. The molecule has 1 aromatic carbocycles. The average molecular weight is 527 g/mol. The SMILES string of the molecule is Cc1nnn(-c2ccc(C(F)F)cc2)c1COc1ccc(N2CCN(C(=O)OC(C)(C)C)[C@H](C#N)C2)nn1. The first kappa shape index (κ1) is 26.7. The Bertz CT molecular complexity index is 1300. The highest BCUT2D eigenvalue weighted by atomic mass is 19.3. The van der Waals surface area contributed by atoms with Crippen LogP contribution in [-0.2, 0) is 11.3 Å². The van der Waals surface area contributed by atoms with Crippen molar-refractivity contribution in [2.75, 3.05) is 24.5 Å². The first-order valence-electron chi connectivity index (χ1n) is 12.0. The third kappa shape index (κ3) is 6.13. The standard InChI is InChI=1S/C25H28F2N8O3/c1-16-20(35(32-29-16)18-7-5-17(6-8-18)23(26)27)15-37-22-10-9-21(30-31-22)33-11-12-34(19(13-28)14-33)24(36)38-25(2,3)4/h5-10,19,23H,11-12,14-15H2,1-4H3/t19-/m1/s1. The van der Waals surface area contributed by atoms with E-state index >= 15 is 0 Å². The van der Waals surface area contributed by atoms with Gasteiger partial charge >= 0.3 is 6.09 Å². The van der Waals surface area contributed by atoms with Crippen LogP contribution < -0.4 is 9.64 Å². The van der Waals surface area contributed by atoms with E-state index in [1.165, 1.54) is 21.7 Å². The topological polar surface area (TPSA) is 122 Å². The van der Waals surface area contributed by atoms with Crippen LogP contribution in [0.25, 0.3) is 5.69 Å². The summed E-state index contributed by atoms with van der Waals surface area (Å²) in [5.41, 5.74) is 1.10. The minimum atomic E-state index is -2.55. The normalized spacial score (nSPS) is 15.9. The first-order chi connectivity index (χ1) is 18.1. The van der Waals surface area contributed by atoms with Gasteiger partial charge in [0.15, 0.2) is 5.82 Å². The largest absolute Gasteiger partial charge is 0.470 e. The van der Waals surface area contributed by atoms with E-state index < -0.39 is 24.2 Å². The Morgan fingerprint density at radius 1 is 1.13 bits per heavy atom. The Hall–Kier alpha value is -4.34. The van der Waals surface area contributed by atoms with Gasteiger partial charge in [-0.15, -0.1) is 15.3 Å². The number of anilines is 1. The lowest BCUT2D eigenvalue weighted by atomic mass is 10.2. The van der Waals surface area contributed by atoms with E-state index in [9.17, 15) is 18.8 Å². The van der Waals surface area contributed by atoms with Crippen LogP contribution in [0.5, 0.6) is 5.88 Å². The lowest BCUT2D eigenvalue weighted by Gasteiger charge is -2.39. The van der Waals surface area contributed by atoms with Gasteiger partial charge in [0.25, 0.3) is 6.43 Å². The number of nitriles is 1. The zero-order chi connectivity index (χ0) is 27.4. The number of hydrogen-bond donors (Lipinski definition) is 0. The monoisotopic (exact) mass is 526 g/mol. The molecule has 0 N–H and O–H groups in total. The molecule has 1 amide bonds. The Labute approximate surface area is 218 Å². The molecule has 0 saturated carbocycles. The van der Waals surface area contributed by atoms with Gasteiger partial charge in [-0.3, -0.25) is 4.90 Å². The number of aryl methyl sites for hydroxylation is 1. The summed E-state index contributed by atoms with van der Waals surface area (Å²) in [6.07, 6.45) is -3.07. The molecule has 0 bridgehead atoms. The number of ether oxygens (including phenoxy) is 2. The number of alkyl halides is 2. The molecule has 1 aliphatic heterocycles. The van der Waals surface area contributed by atoms with Gasteiger partial charge in [-0.05, 0) is 45.9 Å². The van der Waals surface area contributed by atoms with Crippen molar-refractivity contribution >= 4 is 11.9 Å². The van der Waals surface area contributed by atoms with E-state index in [0.717, 1.165) is 0 Å². The molecule has 200 valence electrons. The molecule has 1 atom stereocenters. The lowest BCUT2D eigenvalue weighted by Crippen LogP contribution is -2.55. The second kappa shape index (κ2) is 11.0. The van der Waals surface area contributed by atoms with Crippen LogP contribution >= 0.6 is 0 Å². The minimum Gasteiger partial charge on any atom is -0.470 e. The number of hydrogen-bond acceptors (Lipinski definition) is 9. The maximum atomic E-state index is 12.9. The van der Waals surface area contributed by atoms with Gasteiger partial charge in [0.05, 0.1) is 24.0 Å². The lowest BCUT2D eigenvalue weighted by molar-refractivity contribution is 0.0189. The third-order valence-electron chi connectivity index (χ3n) is 5.81. The number of carbonyl (C=O) groups is 1. The molecular weight excluding hydrogens is 498 g/mol. The van der Waals surface area contributed by atoms with Crippen LogP contribution in [0.3, 0.4) is 0 Å². The van der Waals surface area contributed by atoms with E-state index in [0.29, 0.717) is 36.0 Å². The second-order valence-corrected chi connectivity index (χ2v) is 9.71. The van der Waals surface area contributed by atoms with Gasteiger partial charge in [-0.2, -0.15) is 5.26 Å². The maximum Gasteiger partial charge on any atom is 0.411 e. The van der Waals surface area contributed by atoms with Crippen LogP contribution in [0.4, 0.5) is 19.4 Å². The van der Waals surface area contributed by atoms with Gasteiger partial charge in [0.2, 0.25) is 5.88 Å². The molecule has 0 spiro atoms. The van der Waals surface area contributed by atoms with Crippen LogP contribution in [0.1, 0.15) is 44.1 Å². The molecule has 1 fully saturated rings. The second-order valence-electron chi connectivity index (χ2n) is 9.71. The molecule has 13 heteroatoms. The smallest absolute Gasteiger partial charge is 0.411 e. The zero-order valence-corrected chi connectivity index (χ0v) is 21.5. The third-order valence-corrected chi connectivity index (χ3v) is 5.81. The van der Waals surface area contributed by atoms with Crippen molar-refractivity contribution in [1.82, 2.24) is 30.1 Å². The molecule has 3 heterocycles. The summed E-state index contributed by atoms with van der Waals surface area (Å²) in [7, 11) is 0. The predicted octanol–water partition coefficient (Wildman–Crippen LogP) is 3.83. The van der Waals surface area contributed by atoms with E-state index in [2.05, 4.69) is 26.6 Å². The molecule has 3 aromatic rings. The first-order valence-corrected chi connectivity index (χ1v) is 12.0. The molecule has 2 aromatic heterocycles. The summed E-state index contributed by atoms with van der Waals surface area (Å²) in [6.45, 7) is 8.21. The molecule has 38 heavy (non-hydrogen) atoms. The Kier molecular flexibility index (Phi) is 7.70. The van der Waals surface area contributed by atoms with E-state index in [1.54, 1.807) is 52.0 Å². The fraction of sp³-hybridized carbons (Fsp3) is 0.440. The van der Waals surface area contributed by atoms with Crippen LogP contribution in [0, 0.1) is 18.3 Å². The van der Waals surface area contributed by atoms with Crippen molar-refractivity contribution in [2.45, 2.75) is 52.4 Å². The molecule has 0 radical (unpaired) electrons. The minimum absolute atomic E-state index is 0.0777. The highest BCUT2D eigenvalue weighted by Gasteiger charge is 2.34. The molecule has 0 unspecified atom stereocenters. The fourth-order valence-electron chi connectivity index (χ4n) is 3.85. The molecule has 0 aliphatic carbocycles. The van der Waals surface area contributed by atoms with Gasteiger partial charge < -0.3 is 14.4 Å². The number of piperazine rings is 1. The number of halogens is 2. The van der Waals surface area contributed by atoms with Crippen molar-refractivity contribution in [3.05, 3.63) is 53.3 Å². The average Bonchev–Trinajstić information content (AvgIpc) is 3.26. The molecule has 11 nitrogen and oxygen atoms in total. The van der Waals surface area contributed by atoms with E-state index in [4.69, 9.17) is 9.47 Å². The number of amides is 1. The Balaban J connectivity index is 1.39. The van der Waals surface area contributed by atoms with E-state index in [1.807, 2.05) is 4.90 Å². The van der Waals surface area contributed by atoms with Crippen LogP contribution in [0.2, 0.25) is 0 Å². The molecule has 1 aliphatic rings.